The molecule has 1 aliphatic heterocycles. The predicted octanol–water partition coefficient (Wildman–Crippen LogP) is 2.15. The molecule has 2 aliphatic rings. The molecule has 3 atom stereocenters. The van der Waals surface area contributed by atoms with Gasteiger partial charge in [-0.3, -0.25) is 4.90 Å². The average molecular weight is 294 g/mol. The van der Waals surface area contributed by atoms with Gasteiger partial charge in [0.25, 0.3) is 0 Å². The van der Waals surface area contributed by atoms with E-state index < -0.39 is 12.1 Å². The second-order valence-corrected chi connectivity index (χ2v) is 6.24. The Kier molecular flexibility index (Phi) is 4.97. The summed E-state index contributed by atoms with van der Waals surface area (Å²) in [4.78, 5) is 2.00. The number of nitrogens with one attached hydrogen (secondary N) is 1. The first-order valence-electron chi connectivity index (χ1n) is 7.57. The largest absolute Gasteiger partial charge is 0.394 e. The average Bonchev–Trinajstić information content (AvgIpc) is 2.83. The van der Waals surface area contributed by atoms with E-state index in [0.29, 0.717) is 6.42 Å². The lowest BCUT2D eigenvalue weighted by Crippen LogP contribution is -2.50. The van der Waals surface area contributed by atoms with Gasteiger partial charge >= 0.3 is 6.18 Å². The summed E-state index contributed by atoms with van der Waals surface area (Å²) >= 11 is 0. The van der Waals surface area contributed by atoms with Gasteiger partial charge in [0.15, 0.2) is 0 Å². The van der Waals surface area contributed by atoms with Crippen molar-refractivity contribution >= 4 is 0 Å². The summed E-state index contributed by atoms with van der Waals surface area (Å²) in [6, 6.07) is 0.173. The van der Waals surface area contributed by atoms with Gasteiger partial charge in [0, 0.05) is 18.1 Å². The van der Waals surface area contributed by atoms with Crippen molar-refractivity contribution in [1.29, 1.82) is 0 Å². The Morgan fingerprint density at radius 1 is 1.35 bits per heavy atom. The van der Waals surface area contributed by atoms with Crippen LogP contribution in [0.1, 0.15) is 39.0 Å². The number of hydrogen-bond acceptors (Lipinski definition) is 3. The van der Waals surface area contributed by atoms with Crippen LogP contribution >= 0.6 is 0 Å². The van der Waals surface area contributed by atoms with Gasteiger partial charge in [-0.25, -0.2) is 0 Å². The van der Waals surface area contributed by atoms with E-state index in [1.54, 1.807) is 0 Å². The van der Waals surface area contributed by atoms with Crippen molar-refractivity contribution < 1.29 is 18.3 Å². The quantitative estimate of drug-likeness (QED) is 0.834. The van der Waals surface area contributed by atoms with Gasteiger partial charge in [-0.15, -0.1) is 0 Å². The first kappa shape index (κ1) is 16.0. The fourth-order valence-corrected chi connectivity index (χ4v) is 3.75. The van der Waals surface area contributed by atoms with Crippen molar-refractivity contribution in [2.75, 3.05) is 26.2 Å². The van der Waals surface area contributed by atoms with Gasteiger partial charge in [-0.2, -0.15) is 13.2 Å². The molecule has 2 N–H and O–H groups in total. The van der Waals surface area contributed by atoms with Crippen molar-refractivity contribution in [3.8, 4) is 0 Å². The minimum Gasteiger partial charge on any atom is -0.394 e. The van der Waals surface area contributed by atoms with Crippen LogP contribution in [0.15, 0.2) is 0 Å². The van der Waals surface area contributed by atoms with E-state index in [1.165, 1.54) is 0 Å². The van der Waals surface area contributed by atoms with Gasteiger partial charge in [0.05, 0.1) is 12.5 Å². The van der Waals surface area contributed by atoms with Crippen LogP contribution in [-0.4, -0.2) is 54.0 Å². The molecule has 2 fully saturated rings. The van der Waals surface area contributed by atoms with Crippen LogP contribution in [0.3, 0.4) is 0 Å². The number of nitrogens with zero attached hydrogens (tertiary/aromatic N) is 1. The fraction of sp³-hybridized carbons (Fsp3) is 1.00. The molecule has 0 aromatic heterocycles. The molecule has 3 unspecified atom stereocenters. The van der Waals surface area contributed by atoms with Crippen LogP contribution in [0.2, 0.25) is 0 Å². The lowest BCUT2D eigenvalue weighted by molar-refractivity contribution is -0.188. The number of aliphatic hydroxyl groups is 1. The highest BCUT2D eigenvalue weighted by molar-refractivity contribution is 5.00. The van der Waals surface area contributed by atoms with E-state index in [0.717, 1.165) is 32.4 Å². The number of halogens is 3. The van der Waals surface area contributed by atoms with E-state index in [-0.39, 0.29) is 31.2 Å². The maximum absolute atomic E-state index is 12.9. The summed E-state index contributed by atoms with van der Waals surface area (Å²) < 4.78 is 38.6. The third kappa shape index (κ3) is 3.46. The number of hydrogen-bond donors (Lipinski definition) is 2. The molecule has 0 radical (unpaired) electrons. The summed E-state index contributed by atoms with van der Waals surface area (Å²) in [6.45, 7) is 3.71. The second-order valence-electron chi connectivity index (χ2n) is 6.24. The highest BCUT2D eigenvalue weighted by Gasteiger charge is 2.46. The first-order valence-corrected chi connectivity index (χ1v) is 7.57. The van der Waals surface area contributed by atoms with Crippen molar-refractivity contribution in [1.82, 2.24) is 10.2 Å². The first-order chi connectivity index (χ1) is 9.40. The van der Waals surface area contributed by atoms with E-state index in [9.17, 15) is 18.3 Å². The van der Waals surface area contributed by atoms with E-state index in [2.05, 4.69) is 5.32 Å². The zero-order valence-corrected chi connectivity index (χ0v) is 12.0. The Hall–Kier alpha value is -0.330. The van der Waals surface area contributed by atoms with Crippen LogP contribution in [0.4, 0.5) is 13.2 Å². The molecular formula is C14H25F3N2O. The highest BCUT2D eigenvalue weighted by Crippen LogP contribution is 2.38. The topological polar surface area (TPSA) is 35.5 Å². The van der Waals surface area contributed by atoms with E-state index in [1.807, 2.05) is 11.8 Å². The molecule has 1 aliphatic carbocycles. The Morgan fingerprint density at radius 2 is 2.10 bits per heavy atom. The molecule has 2 rings (SSSR count). The fourth-order valence-electron chi connectivity index (χ4n) is 3.75. The molecular weight excluding hydrogens is 269 g/mol. The molecule has 3 nitrogen and oxygen atoms in total. The summed E-state index contributed by atoms with van der Waals surface area (Å²) in [7, 11) is 0. The number of likely N-dealkylation sites (tertiary alicyclic amines) is 1. The SMILES string of the molecule is CCNC1(CO)CCC(N2CCCC(C(F)(F)F)C2)C1. The van der Waals surface area contributed by atoms with Crippen LogP contribution in [0, 0.1) is 5.92 Å². The minimum absolute atomic E-state index is 0.0634. The molecule has 6 heteroatoms. The smallest absolute Gasteiger partial charge is 0.393 e. The van der Waals surface area contributed by atoms with Crippen LogP contribution in [0.25, 0.3) is 0 Å². The standard InChI is InChI=1S/C14H25F3N2O/c1-2-18-13(10-20)6-5-12(8-13)19-7-3-4-11(9-19)14(15,16)17/h11-12,18,20H,2-10H2,1H3. The lowest BCUT2D eigenvalue weighted by atomic mass is 9.94. The summed E-state index contributed by atoms with van der Waals surface area (Å²) in [6.07, 6.45) is -0.735. The van der Waals surface area contributed by atoms with Gasteiger partial charge in [-0.05, 0) is 45.2 Å². The monoisotopic (exact) mass is 294 g/mol. The minimum atomic E-state index is -4.08. The molecule has 20 heavy (non-hydrogen) atoms. The normalized spacial score (nSPS) is 36.5. The number of piperidine rings is 1. The highest BCUT2D eigenvalue weighted by atomic mass is 19.4. The van der Waals surface area contributed by atoms with Crippen molar-refractivity contribution in [3.63, 3.8) is 0 Å². The summed E-state index contributed by atoms with van der Waals surface area (Å²) in [5, 5.41) is 12.9. The van der Waals surface area contributed by atoms with Gasteiger partial charge in [0.1, 0.15) is 0 Å². The number of aliphatic hydroxyl groups excluding tert-OH is 1. The van der Waals surface area contributed by atoms with Crippen molar-refractivity contribution in [2.24, 2.45) is 5.92 Å². The van der Waals surface area contributed by atoms with Gasteiger partial charge in [0.2, 0.25) is 0 Å². The third-order valence-corrected chi connectivity index (χ3v) is 4.87. The molecule has 118 valence electrons. The van der Waals surface area contributed by atoms with Crippen LogP contribution in [-0.2, 0) is 0 Å². The van der Waals surface area contributed by atoms with Gasteiger partial charge < -0.3 is 10.4 Å². The summed E-state index contributed by atoms with van der Waals surface area (Å²) in [5.41, 5.74) is -0.287. The van der Waals surface area contributed by atoms with Crippen molar-refractivity contribution in [3.05, 3.63) is 0 Å². The Bertz CT molecular complexity index is 324. The van der Waals surface area contributed by atoms with Crippen LogP contribution < -0.4 is 5.32 Å². The zero-order valence-electron chi connectivity index (χ0n) is 12.0. The molecule has 0 spiro atoms. The molecule has 1 heterocycles. The zero-order chi connectivity index (χ0) is 14.8. The van der Waals surface area contributed by atoms with Crippen molar-refractivity contribution in [2.45, 2.75) is 56.8 Å². The third-order valence-electron chi connectivity index (χ3n) is 4.87. The number of likely N-dealkylation sites (N-methyl/N-ethyl adjacent to an activating group) is 1. The molecule has 0 aromatic carbocycles. The molecule has 0 aromatic rings. The Labute approximate surface area is 118 Å². The number of alkyl halides is 3. The van der Waals surface area contributed by atoms with Gasteiger partial charge in [-0.1, -0.05) is 6.92 Å². The molecule has 1 saturated heterocycles. The maximum Gasteiger partial charge on any atom is 0.393 e. The Morgan fingerprint density at radius 3 is 2.70 bits per heavy atom. The maximum atomic E-state index is 12.9. The van der Waals surface area contributed by atoms with E-state index in [4.69, 9.17) is 0 Å². The molecule has 0 amide bonds. The Balaban J connectivity index is 1.96. The predicted molar refractivity (Wildman–Crippen MR) is 71.5 cm³/mol. The van der Waals surface area contributed by atoms with E-state index >= 15 is 0 Å². The number of rotatable bonds is 4. The second kappa shape index (κ2) is 6.20. The van der Waals surface area contributed by atoms with Crippen LogP contribution in [0.5, 0.6) is 0 Å². The molecule has 1 saturated carbocycles. The lowest BCUT2D eigenvalue weighted by Gasteiger charge is -2.38. The summed E-state index contributed by atoms with van der Waals surface area (Å²) in [5.74, 6) is -1.18. The molecule has 0 bridgehead atoms.